The number of rotatable bonds is 5. The summed E-state index contributed by atoms with van der Waals surface area (Å²) in [7, 11) is 1.64. The normalized spacial score (nSPS) is 14.4. The van der Waals surface area contributed by atoms with Crippen LogP contribution in [0.2, 0.25) is 0 Å². The first-order valence-corrected chi connectivity index (χ1v) is 4.77. The number of pyridine rings is 1. The van der Waals surface area contributed by atoms with Gasteiger partial charge in [0.2, 0.25) is 0 Å². The largest absolute Gasteiger partial charge is 0.477 e. The van der Waals surface area contributed by atoms with Crippen LogP contribution in [0.5, 0.6) is 0 Å². The van der Waals surface area contributed by atoms with Crippen LogP contribution < -0.4 is 5.32 Å². The second-order valence-electron chi connectivity index (χ2n) is 3.32. The first-order valence-electron chi connectivity index (χ1n) is 4.77. The van der Waals surface area contributed by atoms with Gasteiger partial charge >= 0.3 is 5.97 Å². The van der Waals surface area contributed by atoms with Gasteiger partial charge in [0.05, 0.1) is 11.8 Å². The topological polar surface area (TPSA) is 103 Å². The number of carbonyl (C=O) groups is 1. The maximum Gasteiger partial charge on any atom is 0.354 e. The molecule has 0 amide bonds. The molecule has 2 unspecified atom stereocenters. The van der Waals surface area contributed by atoms with E-state index in [9.17, 15) is 15.0 Å². The Bertz CT molecular complexity index is 370. The van der Waals surface area contributed by atoms with Gasteiger partial charge in [-0.1, -0.05) is 6.07 Å². The number of hydrogen-bond acceptors (Lipinski definition) is 5. The lowest BCUT2D eigenvalue weighted by Crippen LogP contribution is -2.30. The molecule has 1 heterocycles. The van der Waals surface area contributed by atoms with Gasteiger partial charge in [-0.25, -0.2) is 9.78 Å². The Hall–Kier alpha value is -1.50. The molecule has 4 N–H and O–H groups in total. The number of nitrogens with one attached hydrogen (secondary N) is 1. The molecule has 0 fully saturated rings. The van der Waals surface area contributed by atoms with Gasteiger partial charge in [0.15, 0.2) is 0 Å². The molecule has 88 valence electrons. The minimum absolute atomic E-state index is 0.141. The SMILES string of the molecule is CNCC(O)C(O)c1cccc(C(=O)O)n1. The third-order valence-electron chi connectivity index (χ3n) is 2.07. The van der Waals surface area contributed by atoms with E-state index in [1.165, 1.54) is 18.2 Å². The average molecular weight is 226 g/mol. The average Bonchev–Trinajstić information content (AvgIpc) is 2.28. The molecule has 0 aliphatic carbocycles. The lowest BCUT2D eigenvalue weighted by atomic mass is 10.1. The van der Waals surface area contributed by atoms with E-state index in [1.54, 1.807) is 7.05 Å². The summed E-state index contributed by atoms with van der Waals surface area (Å²) >= 11 is 0. The van der Waals surface area contributed by atoms with Gasteiger partial charge in [-0.15, -0.1) is 0 Å². The van der Waals surface area contributed by atoms with Crippen LogP contribution in [0, 0.1) is 0 Å². The van der Waals surface area contributed by atoms with Crippen LogP contribution in [0.25, 0.3) is 0 Å². The molecule has 0 saturated heterocycles. The standard InChI is InChI=1S/C10H14N2O4/c1-11-5-8(13)9(14)6-3-2-4-7(12-6)10(15)16/h2-4,8-9,11,13-14H,5H2,1H3,(H,15,16). The van der Waals surface area contributed by atoms with Gasteiger partial charge in [0.1, 0.15) is 11.8 Å². The predicted molar refractivity (Wildman–Crippen MR) is 56.1 cm³/mol. The van der Waals surface area contributed by atoms with Gasteiger partial charge in [0.25, 0.3) is 0 Å². The van der Waals surface area contributed by atoms with Gasteiger partial charge in [-0.2, -0.15) is 0 Å². The number of aliphatic hydroxyl groups is 2. The van der Waals surface area contributed by atoms with Gasteiger partial charge in [0, 0.05) is 6.54 Å². The summed E-state index contributed by atoms with van der Waals surface area (Å²) in [6.45, 7) is 0.195. The molecular weight excluding hydrogens is 212 g/mol. The molecule has 6 heteroatoms. The Morgan fingerprint density at radius 1 is 1.50 bits per heavy atom. The number of carboxylic acids is 1. The number of aliphatic hydroxyl groups excluding tert-OH is 2. The molecule has 0 aliphatic rings. The zero-order valence-electron chi connectivity index (χ0n) is 8.79. The van der Waals surface area contributed by atoms with Crippen molar-refractivity contribution in [1.29, 1.82) is 0 Å². The molecular formula is C10H14N2O4. The second kappa shape index (κ2) is 5.55. The summed E-state index contributed by atoms with van der Waals surface area (Å²) in [6.07, 6.45) is -2.23. The lowest BCUT2D eigenvalue weighted by Gasteiger charge is -2.16. The summed E-state index contributed by atoms with van der Waals surface area (Å²) < 4.78 is 0. The van der Waals surface area contributed by atoms with Crippen molar-refractivity contribution in [2.45, 2.75) is 12.2 Å². The number of carboxylic acid groups (broad SMARTS) is 1. The number of aromatic carboxylic acids is 1. The van der Waals surface area contributed by atoms with Crippen molar-refractivity contribution >= 4 is 5.97 Å². The van der Waals surface area contributed by atoms with Crippen LogP contribution in [0.1, 0.15) is 22.3 Å². The fourth-order valence-corrected chi connectivity index (χ4v) is 1.25. The highest BCUT2D eigenvalue weighted by Gasteiger charge is 2.19. The molecule has 0 saturated carbocycles. The fraction of sp³-hybridized carbons (Fsp3) is 0.400. The van der Waals surface area contributed by atoms with Gasteiger partial charge < -0.3 is 20.6 Å². The molecule has 1 aromatic rings. The third-order valence-corrected chi connectivity index (χ3v) is 2.07. The zero-order chi connectivity index (χ0) is 12.1. The quantitative estimate of drug-likeness (QED) is 0.534. The van der Waals surface area contributed by atoms with Crippen molar-refractivity contribution < 1.29 is 20.1 Å². The predicted octanol–water partition coefficient (Wildman–Crippen LogP) is -0.607. The number of aromatic nitrogens is 1. The van der Waals surface area contributed by atoms with E-state index in [4.69, 9.17) is 5.11 Å². The Kier molecular flexibility index (Phi) is 4.36. The Labute approximate surface area is 92.6 Å². The van der Waals surface area contributed by atoms with E-state index < -0.39 is 18.2 Å². The lowest BCUT2D eigenvalue weighted by molar-refractivity contribution is 0.0174. The van der Waals surface area contributed by atoms with Crippen LogP contribution in [0.3, 0.4) is 0 Å². The highest BCUT2D eigenvalue weighted by atomic mass is 16.4. The molecule has 0 aromatic carbocycles. The zero-order valence-corrected chi connectivity index (χ0v) is 8.79. The maximum atomic E-state index is 10.7. The number of likely N-dealkylation sites (N-methyl/N-ethyl adjacent to an activating group) is 1. The van der Waals surface area contributed by atoms with Crippen molar-refractivity contribution in [3.8, 4) is 0 Å². The minimum Gasteiger partial charge on any atom is -0.477 e. The van der Waals surface area contributed by atoms with E-state index in [1.807, 2.05) is 0 Å². The number of hydrogen-bond donors (Lipinski definition) is 4. The van der Waals surface area contributed by atoms with E-state index in [-0.39, 0.29) is 17.9 Å². The highest BCUT2D eigenvalue weighted by Crippen LogP contribution is 2.14. The number of nitrogens with zero attached hydrogens (tertiary/aromatic N) is 1. The van der Waals surface area contributed by atoms with Crippen molar-refractivity contribution in [3.63, 3.8) is 0 Å². The Morgan fingerprint density at radius 3 is 2.75 bits per heavy atom. The summed E-state index contributed by atoms with van der Waals surface area (Å²) in [5.41, 5.74) is -0.0177. The fourth-order valence-electron chi connectivity index (χ4n) is 1.25. The van der Waals surface area contributed by atoms with Crippen LogP contribution in [-0.2, 0) is 0 Å². The molecule has 0 aliphatic heterocycles. The van der Waals surface area contributed by atoms with Crippen molar-refractivity contribution in [2.24, 2.45) is 0 Å². The van der Waals surface area contributed by atoms with E-state index in [0.717, 1.165) is 0 Å². The smallest absolute Gasteiger partial charge is 0.354 e. The molecule has 2 atom stereocenters. The molecule has 0 bridgehead atoms. The van der Waals surface area contributed by atoms with E-state index in [0.29, 0.717) is 0 Å². The van der Waals surface area contributed by atoms with Crippen LogP contribution >= 0.6 is 0 Å². The third kappa shape index (κ3) is 2.99. The van der Waals surface area contributed by atoms with E-state index >= 15 is 0 Å². The van der Waals surface area contributed by atoms with Crippen molar-refractivity contribution in [2.75, 3.05) is 13.6 Å². The molecule has 16 heavy (non-hydrogen) atoms. The monoisotopic (exact) mass is 226 g/mol. The highest BCUT2D eigenvalue weighted by molar-refractivity contribution is 5.85. The van der Waals surface area contributed by atoms with Crippen molar-refractivity contribution in [1.82, 2.24) is 10.3 Å². The van der Waals surface area contributed by atoms with Gasteiger partial charge in [-0.05, 0) is 19.2 Å². The van der Waals surface area contributed by atoms with Crippen LogP contribution in [-0.4, -0.2) is 46.0 Å². The summed E-state index contributed by atoms with van der Waals surface area (Å²) in [6, 6.07) is 4.26. The van der Waals surface area contributed by atoms with Gasteiger partial charge in [-0.3, -0.25) is 0 Å². The Morgan fingerprint density at radius 2 is 2.19 bits per heavy atom. The molecule has 0 spiro atoms. The summed E-state index contributed by atoms with van der Waals surface area (Å²) in [5, 5.41) is 30.6. The molecule has 1 rings (SSSR count). The molecule has 1 aromatic heterocycles. The minimum atomic E-state index is -1.20. The maximum absolute atomic E-state index is 10.7. The summed E-state index contributed by atoms with van der Waals surface area (Å²) in [4.78, 5) is 14.4. The molecule has 6 nitrogen and oxygen atoms in total. The first-order chi connectivity index (χ1) is 7.56. The second-order valence-corrected chi connectivity index (χ2v) is 3.32. The van der Waals surface area contributed by atoms with Crippen molar-refractivity contribution in [3.05, 3.63) is 29.6 Å². The summed E-state index contributed by atoms with van der Waals surface area (Å²) in [5.74, 6) is -1.17. The molecule has 0 radical (unpaired) electrons. The van der Waals surface area contributed by atoms with Crippen LogP contribution in [0.15, 0.2) is 18.2 Å². The van der Waals surface area contributed by atoms with E-state index in [2.05, 4.69) is 10.3 Å². The Balaban J connectivity index is 2.86. The first kappa shape index (κ1) is 12.6. The van der Waals surface area contributed by atoms with Crippen LogP contribution in [0.4, 0.5) is 0 Å².